The van der Waals surface area contributed by atoms with E-state index in [4.69, 9.17) is 5.84 Å². The molecule has 2 nitrogen and oxygen atoms in total. The lowest BCUT2D eigenvalue weighted by molar-refractivity contribution is 0.547. The highest BCUT2D eigenvalue weighted by Crippen LogP contribution is 2.03. The zero-order chi connectivity index (χ0) is 7.28. The fraction of sp³-hybridized carbons (Fsp3) is 0.714. The summed E-state index contributed by atoms with van der Waals surface area (Å²) in [5.41, 5.74) is 3.81. The van der Waals surface area contributed by atoms with Gasteiger partial charge in [0.15, 0.2) is 0 Å². The molecule has 0 aromatic heterocycles. The van der Waals surface area contributed by atoms with Gasteiger partial charge in [0.25, 0.3) is 0 Å². The normalized spacial score (nSPS) is 13.2. The second kappa shape index (κ2) is 4.53. The third-order valence-electron chi connectivity index (χ3n) is 1.37. The van der Waals surface area contributed by atoms with E-state index in [2.05, 4.69) is 18.9 Å². The molecule has 54 valence electrons. The van der Waals surface area contributed by atoms with Gasteiger partial charge < -0.3 is 0 Å². The second-order valence-corrected chi connectivity index (χ2v) is 2.35. The van der Waals surface area contributed by atoms with E-state index in [9.17, 15) is 0 Å². The van der Waals surface area contributed by atoms with Crippen LogP contribution in [0.2, 0.25) is 0 Å². The summed E-state index contributed by atoms with van der Waals surface area (Å²) in [5, 5.41) is 0. The number of hydrogen-bond acceptors (Lipinski definition) is 2. The zero-order valence-electron chi connectivity index (χ0n) is 6.28. The molecular formula is C7H16N2. The lowest BCUT2D eigenvalue weighted by atomic mass is 10.1. The first kappa shape index (κ1) is 8.66. The number of nitrogens with one attached hydrogen (secondary N) is 1. The van der Waals surface area contributed by atoms with Gasteiger partial charge in [0.2, 0.25) is 0 Å². The Balaban J connectivity index is 3.54. The summed E-state index contributed by atoms with van der Waals surface area (Å²) in [6, 6.07) is 0.301. The highest BCUT2D eigenvalue weighted by molar-refractivity contribution is 4.99. The quantitative estimate of drug-likeness (QED) is 0.339. The van der Waals surface area contributed by atoms with Crippen LogP contribution in [0.25, 0.3) is 0 Å². The number of hydrazine groups is 1. The molecule has 0 aromatic rings. The highest BCUT2D eigenvalue weighted by Gasteiger charge is 2.02. The minimum absolute atomic E-state index is 0.301. The summed E-state index contributed by atoms with van der Waals surface area (Å²) in [7, 11) is 0. The Bertz CT molecular complexity index is 88.9. The van der Waals surface area contributed by atoms with Gasteiger partial charge in [-0.05, 0) is 13.3 Å². The fourth-order valence-electron chi connectivity index (χ4n) is 0.761. The molecule has 0 saturated heterocycles. The zero-order valence-corrected chi connectivity index (χ0v) is 6.28. The molecule has 0 aliphatic heterocycles. The van der Waals surface area contributed by atoms with E-state index in [1.54, 1.807) is 0 Å². The van der Waals surface area contributed by atoms with Gasteiger partial charge in [0, 0.05) is 6.04 Å². The molecule has 0 aliphatic rings. The van der Waals surface area contributed by atoms with Crippen molar-refractivity contribution in [1.29, 1.82) is 0 Å². The molecule has 0 radical (unpaired) electrons. The van der Waals surface area contributed by atoms with Crippen LogP contribution in [0.3, 0.4) is 0 Å². The van der Waals surface area contributed by atoms with Crippen LogP contribution in [0.5, 0.6) is 0 Å². The van der Waals surface area contributed by atoms with Crippen LogP contribution in [0.1, 0.15) is 26.7 Å². The second-order valence-electron chi connectivity index (χ2n) is 2.35. The minimum Gasteiger partial charge on any atom is -0.271 e. The van der Waals surface area contributed by atoms with Gasteiger partial charge in [-0.3, -0.25) is 11.3 Å². The third-order valence-corrected chi connectivity index (χ3v) is 1.37. The summed E-state index contributed by atoms with van der Waals surface area (Å²) < 4.78 is 0. The summed E-state index contributed by atoms with van der Waals surface area (Å²) in [6.45, 7) is 7.92. The first-order valence-corrected chi connectivity index (χ1v) is 3.33. The molecule has 1 unspecified atom stereocenters. The van der Waals surface area contributed by atoms with Crippen LogP contribution in [0, 0.1) is 0 Å². The molecule has 0 amide bonds. The molecule has 3 N–H and O–H groups in total. The van der Waals surface area contributed by atoms with Crippen molar-refractivity contribution >= 4 is 0 Å². The van der Waals surface area contributed by atoms with Crippen molar-refractivity contribution in [1.82, 2.24) is 5.43 Å². The predicted octanol–water partition coefficient (Wildman–Crippen LogP) is 1.19. The molecule has 0 saturated carbocycles. The van der Waals surface area contributed by atoms with Gasteiger partial charge in [0.1, 0.15) is 0 Å². The molecule has 0 aliphatic carbocycles. The first-order valence-electron chi connectivity index (χ1n) is 3.33. The Morgan fingerprint density at radius 3 is 2.44 bits per heavy atom. The largest absolute Gasteiger partial charge is 0.271 e. The molecule has 0 rings (SSSR count). The van der Waals surface area contributed by atoms with Gasteiger partial charge in [-0.1, -0.05) is 25.5 Å². The van der Waals surface area contributed by atoms with Crippen molar-refractivity contribution < 1.29 is 0 Å². The van der Waals surface area contributed by atoms with E-state index in [0.717, 1.165) is 18.4 Å². The maximum Gasteiger partial charge on any atom is 0.0414 e. The summed E-state index contributed by atoms with van der Waals surface area (Å²) in [5.74, 6) is 5.25. The van der Waals surface area contributed by atoms with Crippen molar-refractivity contribution in [2.45, 2.75) is 32.7 Å². The van der Waals surface area contributed by atoms with Crippen LogP contribution < -0.4 is 11.3 Å². The molecule has 0 spiro atoms. The number of hydrogen-bond donors (Lipinski definition) is 2. The van der Waals surface area contributed by atoms with Crippen molar-refractivity contribution in [3.8, 4) is 0 Å². The van der Waals surface area contributed by atoms with E-state index in [1.807, 2.05) is 6.92 Å². The number of rotatable bonds is 4. The van der Waals surface area contributed by atoms with Gasteiger partial charge in [-0.25, -0.2) is 0 Å². The molecule has 0 fully saturated rings. The Labute approximate surface area is 57.1 Å². The van der Waals surface area contributed by atoms with Crippen molar-refractivity contribution in [3.05, 3.63) is 12.2 Å². The Morgan fingerprint density at radius 1 is 1.78 bits per heavy atom. The molecule has 9 heavy (non-hydrogen) atoms. The topological polar surface area (TPSA) is 38.0 Å². The summed E-state index contributed by atoms with van der Waals surface area (Å²) in [6.07, 6.45) is 2.22. The summed E-state index contributed by atoms with van der Waals surface area (Å²) >= 11 is 0. The SMILES string of the molecule is C=C(C)C(CCC)NN. The predicted molar refractivity (Wildman–Crippen MR) is 40.8 cm³/mol. The van der Waals surface area contributed by atoms with Gasteiger partial charge in [-0.2, -0.15) is 0 Å². The van der Waals surface area contributed by atoms with Crippen molar-refractivity contribution in [2.24, 2.45) is 5.84 Å². The van der Waals surface area contributed by atoms with Crippen molar-refractivity contribution in [2.75, 3.05) is 0 Å². The van der Waals surface area contributed by atoms with E-state index in [-0.39, 0.29) is 0 Å². The molecule has 2 heteroatoms. The molecule has 0 aromatic carbocycles. The Kier molecular flexibility index (Phi) is 4.36. The lowest BCUT2D eigenvalue weighted by Crippen LogP contribution is -2.35. The molecule has 0 heterocycles. The number of nitrogens with two attached hydrogens (primary N) is 1. The van der Waals surface area contributed by atoms with Crippen LogP contribution in [0.4, 0.5) is 0 Å². The summed E-state index contributed by atoms with van der Waals surface area (Å²) in [4.78, 5) is 0. The smallest absolute Gasteiger partial charge is 0.0414 e. The van der Waals surface area contributed by atoms with Crippen molar-refractivity contribution in [3.63, 3.8) is 0 Å². The monoisotopic (exact) mass is 128 g/mol. The minimum atomic E-state index is 0.301. The first-order chi connectivity index (χ1) is 4.22. The maximum absolute atomic E-state index is 5.25. The highest BCUT2D eigenvalue weighted by atomic mass is 15.2. The van der Waals surface area contributed by atoms with Crippen LogP contribution in [-0.4, -0.2) is 6.04 Å². The fourth-order valence-corrected chi connectivity index (χ4v) is 0.761. The standard InChI is InChI=1S/C7H16N2/c1-4-5-7(9-8)6(2)3/h7,9H,2,4-5,8H2,1,3H3. The molecule has 1 atom stereocenters. The van der Waals surface area contributed by atoms with Gasteiger partial charge in [-0.15, -0.1) is 0 Å². The van der Waals surface area contributed by atoms with E-state index < -0.39 is 0 Å². The van der Waals surface area contributed by atoms with E-state index in [1.165, 1.54) is 0 Å². The van der Waals surface area contributed by atoms with Gasteiger partial charge in [0.05, 0.1) is 0 Å². The van der Waals surface area contributed by atoms with Crippen LogP contribution in [-0.2, 0) is 0 Å². The Morgan fingerprint density at radius 2 is 2.33 bits per heavy atom. The lowest BCUT2D eigenvalue weighted by Gasteiger charge is -2.13. The van der Waals surface area contributed by atoms with Crippen LogP contribution in [0.15, 0.2) is 12.2 Å². The Hall–Kier alpha value is -0.340. The van der Waals surface area contributed by atoms with E-state index in [0.29, 0.717) is 6.04 Å². The molecular weight excluding hydrogens is 112 g/mol. The average molecular weight is 128 g/mol. The third kappa shape index (κ3) is 3.27. The van der Waals surface area contributed by atoms with Gasteiger partial charge >= 0.3 is 0 Å². The van der Waals surface area contributed by atoms with E-state index >= 15 is 0 Å². The van der Waals surface area contributed by atoms with Crippen LogP contribution >= 0.6 is 0 Å². The maximum atomic E-state index is 5.25. The average Bonchev–Trinajstić information content (AvgIpc) is 1.82. The molecule has 0 bridgehead atoms.